The molecule has 0 atom stereocenters. The fraction of sp³-hybridized carbons (Fsp3) is 0.188. The molecule has 0 saturated heterocycles. The second-order valence-corrected chi connectivity index (χ2v) is 4.82. The number of carbonyl (C=O) groups is 1. The van der Waals surface area contributed by atoms with Crippen LogP contribution in [0.25, 0.3) is 22.1 Å². The van der Waals surface area contributed by atoms with E-state index in [-0.39, 0.29) is 35.3 Å². The van der Waals surface area contributed by atoms with Gasteiger partial charge in [-0.05, 0) is 13.0 Å². The maximum absolute atomic E-state index is 12.5. The lowest BCUT2D eigenvalue weighted by atomic mass is 10.2. The van der Waals surface area contributed by atoms with E-state index in [2.05, 4.69) is 0 Å². The molecule has 7 nitrogen and oxygen atoms in total. The lowest BCUT2D eigenvalue weighted by Crippen LogP contribution is -2.39. The van der Waals surface area contributed by atoms with E-state index in [9.17, 15) is 15.2 Å². The zero-order valence-electron chi connectivity index (χ0n) is 12.4. The minimum Gasteiger partial charge on any atom is -0.617 e. The van der Waals surface area contributed by atoms with Crippen molar-refractivity contribution < 1.29 is 23.7 Å². The number of carbonyl (C=O) groups excluding carboxylic acids is 1. The summed E-state index contributed by atoms with van der Waals surface area (Å²) in [6, 6.07) is 11.0. The van der Waals surface area contributed by atoms with E-state index in [0.29, 0.717) is 15.2 Å². The van der Waals surface area contributed by atoms with Crippen molar-refractivity contribution in [2.24, 2.45) is 0 Å². The molecule has 3 aromatic rings. The Kier molecular flexibility index (Phi) is 3.84. The van der Waals surface area contributed by atoms with Gasteiger partial charge in [0.1, 0.15) is 5.75 Å². The predicted octanol–water partition coefficient (Wildman–Crippen LogP) is 1.20. The van der Waals surface area contributed by atoms with E-state index in [1.807, 2.05) is 0 Å². The Morgan fingerprint density at radius 2 is 1.61 bits per heavy atom. The Bertz CT molecular complexity index is 894. The maximum atomic E-state index is 12.5. The predicted molar refractivity (Wildman–Crippen MR) is 81.5 cm³/mol. The highest BCUT2D eigenvalue weighted by Gasteiger charge is 2.21. The van der Waals surface area contributed by atoms with Gasteiger partial charge in [-0.15, -0.1) is 0 Å². The van der Waals surface area contributed by atoms with Crippen LogP contribution in [0.1, 0.15) is 6.92 Å². The monoisotopic (exact) mass is 314 g/mol. The van der Waals surface area contributed by atoms with E-state index in [4.69, 9.17) is 9.47 Å². The zero-order valence-corrected chi connectivity index (χ0v) is 12.4. The van der Waals surface area contributed by atoms with Crippen LogP contribution >= 0.6 is 0 Å². The molecule has 0 unspecified atom stereocenters. The van der Waals surface area contributed by atoms with Gasteiger partial charge in [-0.3, -0.25) is 0 Å². The summed E-state index contributed by atoms with van der Waals surface area (Å²) in [5.74, 6) is -0.189. The van der Waals surface area contributed by atoms with Crippen LogP contribution < -0.4 is 14.2 Å². The van der Waals surface area contributed by atoms with Gasteiger partial charge in [0.25, 0.3) is 22.1 Å². The first-order chi connectivity index (χ1) is 11.1. The van der Waals surface area contributed by atoms with Gasteiger partial charge in [0.2, 0.25) is 0 Å². The van der Waals surface area contributed by atoms with Crippen molar-refractivity contribution in [1.29, 1.82) is 0 Å². The van der Waals surface area contributed by atoms with Crippen molar-refractivity contribution in [3.63, 3.8) is 0 Å². The van der Waals surface area contributed by atoms with Crippen LogP contribution in [0.3, 0.4) is 0 Å². The fourth-order valence-corrected chi connectivity index (χ4v) is 2.34. The van der Waals surface area contributed by atoms with Crippen LogP contribution in [-0.2, 0) is 9.53 Å². The van der Waals surface area contributed by atoms with E-state index in [1.165, 1.54) is 18.2 Å². The normalized spacial score (nSPS) is 10.8. The fourth-order valence-electron chi connectivity index (χ4n) is 2.34. The molecule has 1 aromatic heterocycles. The average molecular weight is 314 g/mol. The maximum Gasteiger partial charge on any atom is 0.344 e. The highest BCUT2D eigenvalue weighted by molar-refractivity contribution is 5.77. The topological polar surface area (TPSA) is 89.4 Å². The van der Waals surface area contributed by atoms with Crippen molar-refractivity contribution in [1.82, 2.24) is 0 Å². The smallest absolute Gasteiger partial charge is 0.344 e. The lowest BCUT2D eigenvalue weighted by Gasteiger charge is -2.09. The summed E-state index contributed by atoms with van der Waals surface area (Å²) < 4.78 is 11.4. The van der Waals surface area contributed by atoms with Crippen LogP contribution in [0.4, 0.5) is 0 Å². The first-order valence-electron chi connectivity index (χ1n) is 7.08. The van der Waals surface area contributed by atoms with Crippen LogP contribution in [-0.4, -0.2) is 19.2 Å². The summed E-state index contributed by atoms with van der Waals surface area (Å²) >= 11 is 0. The molecule has 23 heavy (non-hydrogen) atoms. The molecule has 0 aliphatic carbocycles. The van der Waals surface area contributed by atoms with E-state index in [0.717, 1.165) is 0 Å². The Balaban J connectivity index is 2.04. The molecule has 0 fully saturated rings. The van der Waals surface area contributed by atoms with Crippen LogP contribution in [0.5, 0.6) is 5.75 Å². The largest absolute Gasteiger partial charge is 0.617 e. The molecule has 0 bridgehead atoms. The standard InChI is InChI=1S/C16H14N2O5/c1-2-22-16(19)10-23-11-7-8-14-15(9-11)18(21)13-6-4-3-5-12(13)17(14)20/h3-9H,2,10H2,1H3. The molecular formula is C16H14N2O5. The molecule has 0 N–H and O–H groups in total. The number of para-hydroxylation sites is 2. The van der Waals surface area contributed by atoms with Crippen LogP contribution in [0.2, 0.25) is 0 Å². The zero-order chi connectivity index (χ0) is 16.4. The third-order valence-electron chi connectivity index (χ3n) is 3.37. The van der Waals surface area contributed by atoms with Gasteiger partial charge in [0.05, 0.1) is 12.7 Å². The Morgan fingerprint density at radius 1 is 1.00 bits per heavy atom. The summed E-state index contributed by atoms with van der Waals surface area (Å²) in [5.41, 5.74) is 0.940. The first kappa shape index (κ1) is 14.8. The number of benzene rings is 2. The molecular weight excluding hydrogens is 300 g/mol. The molecule has 7 heteroatoms. The third-order valence-corrected chi connectivity index (χ3v) is 3.37. The molecule has 2 aromatic carbocycles. The second kappa shape index (κ2) is 5.96. The number of rotatable bonds is 4. The number of hydrogen-bond donors (Lipinski definition) is 0. The number of esters is 1. The molecule has 0 radical (unpaired) electrons. The van der Waals surface area contributed by atoms with E-state index in [1.54, 1.807) is 31.2 Å². The van der Waals surface area contributed by atoms with E-state index >= 15 is 0 Å². The van der Waals surface area contributed by atoms with Crippen molar-refractivity contribution in [3.05, 3.63) is 52.9 Å². The first-order valence-corrected chi connectivity index (χ1v) is 7.08. The van der Waals surface area contributed by atoms with Gasteiger partial charge in [-0.25, -0.2) is 4.79 Å². The second-order valence-electron chi connectivity index (χ2n) is 4.82. The molecule has 0 aliphatic rings. The van der Waals surface area contributed by atoms with Crippen molar-refractivity contribution in [2.45, 2.75) is 6.92 Å². The molecule has 1 heterocycles. The molecule has 118 valence electrons. The van der Waals surface area contributed by atoms with Crippen molar-refractivity contribution >= 4 is 28.0 Å². The van der Waals surface area contributed by atoms with Gasteiger partial charge < -0.3 is 19.9 Å². The molecule has 3 rings (SSSR count). The minimum atomic E-state index is -0.500. The molecule has 0 spiro atoms. The molecule has 0 amide bonds. The Morgan fingerprint density at radius 3 is 2.26 bits per heavy atom. The lowest BCUT2D eigenvalue weighted by molar-refractivity contribution is -0.591. The quantitative estimate of drug-likeness (QED) is 0.312. The van der Waals surface area contributed by atoms with Crippen molar-refractivity contribution in [3.8, 4) is 5.75 Å². The minimum absolute atomic E-state index is 0.167. The number of ether oxygens (including phenoxy) is 2. The van der Waals surface area contributed by atoms with Crippen LogP contribution in [0.15, 0.2) is 42.5 Å². The summed E-state index contributed by atoms with van der Waals surface area (Å²) in [4.78, 5) is 11.3. The average Bonchev–Trinajstić information content (AvgIpc) is 2.58. The van der Waals surface area contributed by atoms with Gasteiger partial charge in [0, 0.05) is 18.2 Å². The number of nitrogens with zero attached hydrogens (tertiary/aromatic N) is 2. The summed E-state index contributed by atoms with van der Waals surface area (Å²) in [6.07, 6.45) is 0. The Labute approximate surface area is 131 Å². The van der Waals surface area contributed by atoms with Gasteiger partial charge in [0.15, 0.2) is 6.61 Å². The highest BCUT2D eigenvalue weighted by atomic mass is 16.6. The SMILES string of the molecule is CCOC(=O)COc1ccc2c(c1)[n+]([O-])c1ccccc1[n+]2[O-]. The summed E-state index contributed by atoms with van der Waals surface area (Å²) in [5, 5.41) is 24.8. The van der Waals surface area contributed by atoms with Gasteiger partial charge in [-0.1, -0.05) is 12.1 Å². The molecule has 0 aliphatic heterocycles. The van der Waals surface area contributed by atoms with Crippen molar-refractivity contribution in [2.75, 3.05) is 13.2 Å². The van der Waals surface area contributed by atoms with Gasteiger partial charge >= 0.3 is 5.97 Å². The Hall–Kier alpha value is -3.09. The van der Waals surface area contributed by atoms with E-state index < -0.39 is 5.97 Å². The molecule has 0 saturated carbocycles. The summed E-state index contributed by atoms with van der Waals surface area (Å²) in [7, 11) is 0. The van der Waals surface area contributed by atoms with Crippen LogP contribution in [0, 0.1) is 10.4 Å². The summed E-state index contributed by atoms with van der Waals surface area (Å²) in [6.45, 7) is 1.71. The van der Waals surface area contributed by atoms with Gasteiger partial charge in [-0.2, -0.15) is 9.46 Å². The number of hydrogen-bond acceptors (Lipinski definition) is 5. The third kappa shape index (κ3) is 2.68. The number of aromatic nitrogens is 2. The number of fused-ring (bicyclic) bond motifs is 2. The highest BCUT2D eigenvalue weighted by Crippen LogP contribution is 2.18.